The van der Waals surface area contributed by atoms with Crippen LogP contribution in [0.5, 0.6) is 0 Å². The molecule has 0 atom stereocenters. The van der Waals surface area contributed by atoms with Crippen molar-refractivity contribution in [1.29, 1.82) is 0 Å². The fourth-order valence-electron chi connectivity index (χ4n) is 2.30. The summed E-state index contributed by atoms with van der Waals surface area (Å²) in [6.07, 6.45) is 1.52. The minimum atomic E-state index is -0.142. The zero-order chi connectivity index (χ0) is 15.2. The average molecular weight is 291 g/mol. The first-order valence-electron chi connectivity index (χ1n) is 7.29. The van der Waals surface area contributed by atoms with Crippen LogP contribution < -0.4 is 0 Å². The number of ether oxygens (including phenoxy) is 1. The molecule has 1 aromatic rings. The largest absolute Gasteiger partial charge is 0.378 e. The summed E-state index contributed by atoms with van der Waals surface area (Å²) >= 11 is 0. The van der Waals surface area contributed by atoms with Crippen molar-refractivity contribution in [2.45, 2.75) is 13.8 Å². The number of amides is 2. The van der Waals surface area contributed by atoms with E-state index in [-0.39, 0.29) is 11.8 Å². The molecule has 21 heavy (non-hydrogen) atoms. The third-order valence-corrected chi connectivity index (χ3v) is 3.57. The summed E-state index contributed by atoms with van der Waals surface area (Å²) in [6.45, 7) is 7.37. The molecule has 0 aliphatic carbocycles. The Labute approximate surface area is 124 Å². The molecule has 0 radical (unpaired) electrons. The Kier molecular flexibility index (Phi) is 5.27. The zero-order valence-corrected chi connectivity index (χ0v) is 12.5. The van der Waals surface area contributed by atoms with Gasteiger partial charge in [-0.05, 0) is 26.0 Å². The Balaban J connectivity index is 2.16. The van der Waals surface area contributed by atoms with Crippen molar-refractivity contribution in [3.63, 3.8) is 0 Å². The van der Waals surface area contributed by atoms with E-state index < -0.39 is 0 Å². The minimum Gasteiger partial charge on any atom is -0.378 e. The molecular formula is C15H21N3O3. The highest BCUT2D eigenvalue weighted by Gasteiger charge is 2.21. The fraction of sp³-hybridized carbons (Fsp3) is 0.533. The number of hydrogen-bond donors (Lipinski definition) is 0. The second-order valence-electron chi connectivity index (χ2n) is 4.81. The molecule has 6 nitrogen and oxygen atoms in total. The number of aromatic nitrogens is 1. The second kappa shape index (κ2) is 7.17. The van der Waals surface area contributed by atoms with Gasteiger partial charge < -0.3 is 14.5 Å². The molecule has 1 aromatic heterocycles. The highest BCUT2D eigenvalue weighted by molar-refractivity contribution is 5.98. The molecule has 1 saturated heterocycles. The molecule has 2 amide bonds. The summed E-state index contributed by atoms with van der Waals surface area (Å²) in [5.41, 5.74) is 0.820. The van der Waals surface area contributed by atoms with Crippen molar-refractivity contribution < 1.29 is 14.3 Å². The minimum absolute atomic E-state index is 0.0747. The highest BCUT2D eigenvalue weighted by Crippen LogP contribution is 2.10. The Morgan fingerprint density at radius 3 is 2.57 bits per heavy atom. The first-order chi connectivity index (χ1) is 10.2. The van der Waals surface area contributed by atoms with Crippen molar-refractivity contribution in [3.05, 3.63) is 29.6 Å². The van der Waals surface area contributed by atoms with E-state index in [1.54, 1.807) is 21.9 Å². The van der Waals surface area contributed by atoms with E-state index in [9.17, 15) is 9.59 Å². The number of pyridine rings is 1. The van der Waals surface area contributed by atoms with Gasteiger partial charge in [0.1, 0.15) is 5.69 Å². The van der Waals surface area contributed by atoms with Crippen LogP contribution in [0.3, 0.4) is 0 Å². The van der Waals surface area contributed by atoms with Gasteiger partial charge in [0.25, 0.3) is 11.8 Å². The molecule has 114 valence electrons. The van der Waals surface area contributed by atoms with Crippen LogP contribution in [0.2, 0.25) is 0 Å². The number of hydrogen-bond acceptors (Lipinski definition) is 4. The normalized spacial score (nSPS) is 14.9. The van der Waals surface area contributed by atoms with Crippen LogP contribution in [-0.2, 0) is 4.74 Å². The van der Waals surface area contributed by atoms with E-state index in [0.29, 0.717) is 50.7 Å². The predicted molar refractivity (Wildman–Crippen MR) is 78.2 cm³/mol. The van der Waals surface area contributed by atoms with Gasteiger partial charge in [0.15, 0.2) is 0 Å². The molecule has 1 aliphatic heterocycles. The standard InChI is InChI=1S/C15H21N3O3/c1-3-17(4-2)15(20)13-11-12(5-6-16-13)14(19)18-7-9-21-10-8-18/h5-6,11H,3-4,7-10H2,1-2H3. The molecule has 2 rings (SSSR count). The molecule has 2 heterocycles. The van der Waals surface area contributed by atoms with Gasteiger partial charge in [-0.1, -0.05) is 0 Å². The first kappa shape index (κ1) is 15.4. The Morgan fingerprint density at radius 1 is 1.29 bits per heavy atom. The summed E-state index contributed by atoms with van der Waals surface area (Å²) in [5, 5.41) is 0. The van der Waals surface area contributed by atoms with E-state index in [2.05, 4.69) is 4.98 Å². The van der Waals surface area contributed by atoms with E-state index >= 15 is 0 Å². The lowest BCUT2D eigenvalue weighted by molar-refractivity contribution is 0.0303. The summed E-state index contributed by atoms with van der Waals surface area (Å²) in [4.78, 5) is 32.2. The van der Waals surface area contributed by atoms with Crippen molar-refractivity contribution in [2.75, 3.05) is 39.4 Å². The number of carbonyl (C=O) groups excluding carboxylic acids is 2. The van der Waals surface area contributed by atoms with Gasteiger partial charge in [0, 0.05) is 37.9 Å². The molecular weight excluding hydrogens is 270 g/mol. The van der Waals surface area contributed by atoms with E-state index in [1.165, 1.54) is 6.20 Å². The maximum Gasteiger partial charge on any atom is 0.272 e. The zero-order valence-electron chi connectivity index (χ0n) is 12.5. The second-order valence-corrected chi connectivity index (χ2v) is 4.81. The molecule has 0 unspecified atom stereocenters. The van der Waals surface area contributed by atoms with Crippen molar-refractivity contribution >= 4 is 11.8 Å². The van der Waals surface area contributed by atoms with Crippen LogP contribution in [0.15, 0.2) is 18.3 Å². The number of morpholine rings is 1. The van der Waals surface area contributed by atoms with Crippen LogP contribution in [0.1, 0.15) is 34.7 Å². The molecule has 0 aromatic carbocycles. The van der Waals surface area contributed by atoms with Crippen molar-refractivity contribution in [3.8, 4) is 0 Å². The van der Waals surface area contributed by atoms with E-state index in [4.69, 9.17) is 4.74 Å². The fourth-order valence-corrected chi connectivity index (χ4v) is 2.30. The van der Waals surface area contributed by atoms with Gasteiger partial charge >= 0.3 is 0 Å². The van der Waals surface area contributed by atoms with Gasteiger partial charge in [-0.25, -0.2) is 0 Å². The maximum atomic E-state index is 12.4. The summed E-state index contributed by atoms with van der Waals surface area (Å²) < 4.78 is 5.24. The Bertz CT molecular complexity index is 509. The quantitative estimate of drug-likeness (QED) is 0.831. The lowest BCUT2D eigenvalue weighted by atomic mass is 10.2. The van der Waals surface area contributed by atoms with E-state index in [0.717, 1.165) is 0 Å². The Morgan fingerprint density at radius 2 is 1.95 bits per heavy atom. The topological polar surface area (TPSA) is 62.7 Å². The molecule has 0 bridgehead atoms. The molecule has 0 saturated carbocycles. The van der Waals surface area contributed by atoms with Crippen LogP contribution in [0, 0.1) is 0 Å². The number of carbonyl (C=O) groups is 2. The molecule has 0 spiro atoms. The number of nitrogens with zero attached hydrogens (tertiary/aromatic N) is 3. The highest BCUT2D eigenvalue weighted by atomic mass is 16.5. The third kappa shape index (κ3) is 3.58. The number of rotatable bonds is 4. The van der Waals surface area contributed by atoms with Gasteiger partial charge in [0.05, 0.1) is 13.2 Å². The molecule has 6 heteroatoms. The lowest BCUT2D eigenvalue weighted by Crippen LogP contribution is -2.40. The molecule has 0 N–H and O–H groups in total. The van der Waals surface area contributed by atoms with Gasteiger partial charge in [0.2, 0.25) is 0 Å². The van der Waals surface area contributed by atoms with Gasteiger partial charge in [-0.2, -0.15) is 0 Å². The van der Waals surface area contributed by atoms with E-state index in [1.807, 2.05) is 13.8 Å². The van der Waals surface area contributed by atoms with Crippen LogP contribution in [0.4, 0.5) is 0 Å². The summed E-state index contributed by atoms with van der Waals surface area (Å²) in [7, 11) is 0. The van der Waals surface area contributed by atoms with Crippen molar-refractivity contribution in [1.82, 2.24) is 14.8 Å². The van der Waals surface area contributed by atoms with Crippen molar-refractivity contribution in [2.24, 2.45) is 0 Å². The molecule has 1 fully saturated rings. The van der Waals surface area contributed by atoms with Gasteiger partial charge in [-0.15, -0.1) is 0 Å². The van der Waals surface area contributed by atoms with Gasteiger partial charge in [-0.3, -0.25) is 14.6 Å². The first-order valence-corrected chi connectivity index (χ1v) is 7.29. The average Bonchev–Trinajstić information content (AvgIpc) is 2.56. The summed E-state index contributed by atoms with van der Waals surface area (Å²) in [6, 6.07) is 3.23. The summed E-state index contributed by atoms with van der Waals surface area (Å²) in [5.74, 6) is -0.217. The van der Waals surface area contributed by atoms with Crippen LogP contribution >= 0.6 is 0 Å². The monoisotopic (exact) mass is 291 g/mol. The maximum absolute atomic E-state index is 12.4. The lowest BCUT2D eigenvalue weighted by Gasteiger charge is -2.27. The predicted octanol–water partition coefficient (Wildman–Crippen LogP) is 1.04. The van der Waals surface area contributed by atoms with Crippen LogP contribution in [0.25, 0.3) is 0 Å². The smallest absolute Gasteiger partial charge is 0.272 e. The third-order valence-electron chi connectivity index (χ3n) is 3.57. The van der Waals surface area contributed by atoms with Crippen LogP contribution in [-0.4, -0.2) is 66.0 Å². The molecule has 1 aliphatic rings. The Hall–Kier alpha value is -1.95. The SMILES string of the molecule is CCN(CC)C(=O)c1cc(C(=O)N2CCOCC2)ccn1.